The summed E-state index contributed by atoms with van der Waals surface area (Å²) in [6, 6.07) is 3.16. The van der Waals surface area contributed by atoms with Gasteiger partial charge in [0.25, 0.3) is 5.92 Å². The van der Waals surface area contributed by atoms with Crippen molar-refractivity contribution >= 4 is 0 Å². The number of aromatic nitrogens is 1. The van der Waals surface area contributed by atoms with Crippen molar-refractivity contribution in [2.24, 2.45) is 0 Å². The zero-order valence-electron chi connectivity index (χ0n) is 10.6. The highest BCUT2D eigenvalue weighted by Gasteiger charge is 2.30. The number of pyridine rings is 1. The second kappa shape index (κ2) is 7.31. The summed E-state index contributed by atoms with van der Waals surface area (Å²) >= 11 is 0. The van der Waals surface area contributed by atoms with Crippen LogP contribution in [0.4, 0.5) is 8.78 Å². The Morgan fingerprint density at radius 3 is 2.19 bits per heavy atom. The summed E-state index contributed by atoms with van der Waals surface area (Å²) in [5, 5.41) is 0. The van der Waals surface area contributed by atoms with Crippen LogP contribution in [-0.2, 0) is 12.3 Å². The van der Waals surface area contributed by atoms with Crippen molar-refractivity contribution in [2.45, 2.75) is 52.9 Å². The van der Waals surface area contributed by atoms with Crippen LogP contribution in [-0.4, -0.2) is 4.98 Å². The number of halogens is 2. The van der Waals surface area contributed by atoms with Gasteiger partial charge in [0.15, 0.2) is 0 Å². The Labute approximate surface area is 96.9 Å². The molecule has 0 fully saturated rings. The number of aryl methyl sites for hydroxylation is 1. The summed E-state index contributed by atoms with van der Waals surface area (Å²) in [6.45, 7) is 7.51. The fraction of sp³-hybridized carbons (Fsp3) is 0.615. The number of hydrogen-bond donors (Lipinski definition) is 0. The van der Waals surface area contributed by atoms with E-state index >= 15 is 0 Å². The Morgan fingerprint density at radius 2 is 1.81 bits per heavy atom. The first kappa shape index (κ1) is 15.0. The minimum Gasteiger partial charge on any atom is -0.255 e. The maximum atomic E-state index is 13.1. The van der Waals surface area contributed by atoms with Crippen LogP contribution in [0.3, 0.4) is 0 Å². The molecule has 0 saturated heterocycles. The largest absolute Gasteiger partial charge is 0.289 e. The molecule has 1 aromatic heterocycles. The first-order valence-corrected chi connectivity index (χ1v) is 5.93. The normalized spacial score (nSPS) is 10.6. The van der Waals surface area contributed by atoms with Crippen molar-refractivity contribution < 1.29 is 8.78 Å². The van der Waals surface area contributed by atoms with Crippen LogP contribution in [0.15, 0.2) is 18.3 Å². The van der Waals surface area contributed by atoms with Gasteiger partial charge in [0, 0.05) is 12.6 Å². The fourth-order valence-corrected chi connectivity index (χ4v) is 1.26. The maximum absolute atomic E-state index is 13.1. The summed E-state index contributed by atoms with van der Waals surface area (Å²) in [7, 11) is 0. The Hall–Kier alpha value is -0.990. The van der Waals surface area contributed by atoms with Crippen molar-refractivity contribution in [2.75, 3.05) is 0 Å². The van der Waals surface area contributed by atoms with Crippen LogP contribution >= 0.6 is 0 Å². The minimum absolute atomic E-state index is 0.125. The first-order valence-electron chi connectivity index (χ1n) is 5.93. The average molecular weight is 229 g/mol. The molecule has 0 N–H and O–H groups in total. The SMILES string of the molecule is CC.CCCc1ccc(C(F)(F)CC)nc1. The van der Waals surface area contributed by atoms with Crippen LogP contribution in [0.1, 0.15) is 51.8 Å². The molecule has 0 aliphatic heterocycles. The van der Waals surface area contributed by atoms with E-state index in [9.17, 15) is 8.78 Å². The van der Waals surface area contributed by atoms with Crippen LogP contribution in [0, 0.1) is 0 Å². The van der Waals surface area contributed by atoms with Crippen LogP contribution in [0.25, 0.3) is 0 Å². The molecule has 1 nitrogen and oxygen atoms in total. The molecule has 0 atom stereocenters. The molecule has 0 aliphatic rings. The summed E-state index contributed by atoms with van der Waals surface area (Å²) in [5.74, 6) is -2.79. The predicted octanol–water partition coefficient (Wildman–Crippen LogP) is 4.56. The van der Waals surface area contributed by atoms with Gasteiger partial charge >= 0.3 is 0 Å². The predicted molar refractivity (Wildman–Crippen MR) is 63.8 cm³/mol. The van der Waals surface area contributed by atoms with Crippen LogP contribution < -0.4 is 0 Å². The van der Waals surface area contributed by atoms with E-state index in [1.807, 2.05) is 13.8 Å². The lowest BCUT2D eigenvalue weighted by Gasteiger charge is -2.13. The molecule has 1 aromatic rings. The molecule has 0 unspecified atom stereocenters. The lowest BCUT2D eigenvalue weighted by Crippen LogP contribution is -2.13. The van der Waals surface area contributed by atoms with Crippen molar-refractivity contribution in [3.05, 3.63) is 29.6 Å². The summed E-state index contributed by atoms with van der Waals surface area (Å²) in [6.07, 6.45) is 3.24. The van der Waals surface area contributed by atoms with Crippen LogP contribution in [0.2, 0.25) is 0 Å². The maximum Gasteiger partial charge on any atom is 0.289 e. The van der Waals surface area contributed by atoms with Gasteiger partial charge in [0.05, 0.1) is 0 Å². The minimum atomic E-state index is -2.79. The number of nitrogens with zero attached hydrogens (tertiary/aromatic N) is 1. The van der Waals surface area contributed by atoms with E-state index in [1.165, 1.54) is 13.0 Å². The smallest absolute Gasteiger partial charge is 0.255 e. The molecule has 0 aromatic carbocycles. The van der Waals surface area contributed by atoms with Crippen molar-refractivity contribution in [1.29, 1.82) is 0 Å². The van der Waals surface area contributed by atoms with Crippen molar-refractivity contribution in [1.82, 2.24) is 4.98 Å². The Kier molecular flexibility index (Phi) is 6.86. The third-order valence-electron chi connectivity index (χ3n) is 2.18. The van der Waals surface area contributed by atoms with Gasteiger partial charge in [-0.05, 0) is 18.1 Å². The molecule has 0 spiro atoms. The zero-order chi connectivity index (χ0) is 12.6. The summed E-state index contributed by atoms with van der Waals surface area (Å²) in [5.41, 5.74) is 0.892. The van der Waals surface area contributed by atoms with Gasteiger partial charge in [-0.2, -0.15) is 8.78 Å². The lowest BCUT2D eigenvalue weighted by molar-refractivity contribution is -0.0128. The van der Waals surface area contributed by atoms with Gasteiger partial charge in [-0.1, -0.05) is 40.2 Å². The van der Waals surface area contributed by atoms with Gasteiger partial charge in [-0.15, -0.1) is 0 Å². The van der Waals surface area contributed by atoms with Gasteiger partial charge < -0.3 is 0 Å². The molecule has 1 heterocycles. The molecule has 0 saturated carbocycles. The molecule has 0 bridgehead atoms. The van der Waals surface area contributed by atoms with Gasteiger partial charge in [0.2, 0.25) is 0 Å². The quantitative estimate of drug-likeness (QED) is 0.737. The van der Waals surface area contributed by atoms with Gasteiger partial charge in [0.1, 0.15) is 5.69 Å². The Balaban J connectivity index is 0.00000106. The zero-order valence-corrected chi connectivity index (χ0v) is 10.6. The highest BCUT2D eigenvalue weighted by atomic mass is 19.3. The third-order valence-corrected chi connectivity index (χ3v) is 2.18. The first-order chi connectivity index (χ1) is 7.60. The molecule has 0 radical (unpaired) electrons. The van der Waals surface area contributed by atoms with Gasteiger partial charge in [-0.3, -0.25) is 4.98 Å². The molecular formula is C13H21F2N. The molecule has 3 heteroatoms. The lowest BCUT2D eigenvalue weighted by atomic mass is 10.1. The Morgan fingerprint density at radius 1 is 1.19 bits per heavy atom. The topological polar surface area (TPSA) is 12.9 Å². The van der Waals surface area contributed by atoms with E-state index < -0.39 is 5.92 Å². The Bertz CT molecular complexity index is 280. The highest BCUT2D eigenvalue weighted by molar-refractivity contribution is 5.17. The van der Waals surface area contributed by atoms with E-state index in [-0.39, 0.29) is 12.1 Å². The van der Waals surface area contributed by atoms with E-state index in [4.69, 9.17) is 0 Å². The number of alkyl halides is 2. The average Bonchev–Trinajstić information content (AvgIpc) is 2.33. The third kappa shape index (κ3) is 4.25. The second-order valence-electron chi connectivity index (χ2n) is 3.36. The van der Waals surface area contributed by atoms with Crippen molar-refractivity contribution in [3.63, 3.8) is 0 Å². The van der Waals surface area contributed by atoms with E-state index in [0.29, 0.717) is 0 Å². The fourth-order valence-electron chi connectivity index (χ4n) is 1.26. The molecular weight excluding hydrogens is 208 g/mol. The monoisotopic (exact) mass is 229 g/mol. The van der Waals surface area contributed by atoms with E-state index in [1.54, 1.807) is 12.3 Å². The van der Waals surface area contributed by atoms with Crippen LogP contribution in [0.5, 0.6) is 0 Å². The number of rotatable bonds is 4. The van der Waals surface area contributed by atoms with Gasteiger partial charge in [-0.25, -0.2) is 0 Å². The molecule has 16 heavy (non-hydrogen) atoms. The number of hydrogen-bond acceptors (Lipinski definition) is 1. The highest BCUT2D eigenvalue weighted by Crippen LogP contribution is 2.29. The van der Waals surface area contributed by atoms with Crippen molar-refractivity contribution in [3.8, 4) is 0 Å². The standard InChI is InChI=1S/C11H15F2N.C2H6/c1-3-5-9-6-7-10(14-8-9)11(12,13)4-2;1-2/h6-8H,3-5H2,1-2H3;1-2H3. The summed E-state index contributed by atoms with van der Waals surface area (Å²) in [4.78, 5) is 3.79. The summed E-state index contributed by atoms with van der Waals surface area (Å²) < 4.78 is 26.3. The van der Waals surface area contributed by atoms with E-state index in [0.717, 1.165) is 18.4 Å². The molecule has 0 amide bonds. The molecule has 1 rings (SSSR count). The van der Waals surface area contributed by atoms with E-state index in [2.05, 4.69) is 11.9 Å². The molecule has 0 aliphatic carbocycles. The molecule has 92 valence electrons. The second-order valence-corrected chi connectivity index (χ2v) is 3.36.